The number of hydrogen-bond acceptors (Lipinski definition) is 12. The quantitative estimate of drug-likeness (QED) is 0.146. The summed E-state index contributed by atoms with van der Waals surface area (Å²) in [5.41, 5.74) is -0.613. The zero-order valence-corrected chi connectivity index (χ0v) is 18.2. The number of aliphatic hydroxyl groups is 4. The number of benzene rings is 2. The first-order valence-corrected chi connectivity index (χ1v) is 11.1. The summed E-state index contributed by atoms with van der Waals surface area (Å²) in [6.45, 7) is 0.926. The molecule has 184 valence electrons. The van der Waals surface area contributed by atoms with Crippen molar-refractivity contribution in [1.29, 1.82) is 0 Å². The standard InChI is InChI=1S/C20H20O13S/c1-7-2-8(30-20-18(25)17(24)16(23)13(6-21)32-20)5-12-14(7)10-3-9(33-34(27,28)29)4-11(22)15(10)19(26)31-12/h2-5,13,16-18,20-25H,6H2,1H3,(H,27,28,29)/t13-,16-,17+,18-,20-/m1/s1. The number of rotatable bonds is 5. The molecule has 2 heterocycles. The fraction of sp³-hybridized carbons (Fsp3) is 0.350. The van der Waals surface area contributed by atoms with Crippen molar-refractivity contribution in [3.8, 4) is 17.2 Å². The highest BCUT2D eigenvalue weighted by Crippen LogP contribution is 2.37. The molecular weight excluding hydrogens is 480 g/mol. The summed E-state index contributed by atoms with van der Waals surface area (Å²) >= 11 is 0. The van der Waals surface area contributed by atoms with Crippen molar-refractivity contribution in [2.45, 2.75) is 37.6 Å². The first-order valence-electron chi connectivity index (χ1n) is 9.78. The van der Waals surface area contributed by atoms with Crippen molar-refractivity contribution < 1.29 is 56.6 Å². The lowest BCUT2D eigenvalue weighted by atomic mass is 9.99. The molecule has 6 N–H and O–H groups in total. The van der Waals surface area contributed by atoms with Gasteiger partial charge in [0, 0.05) is 22.9 Å². The van der Waals surface area contributed by atoms with Gasteiger partial charge in [-0.2, -0.15) is 8.42 Å². The van der Waals surface area contributed by atoms with Crippen LogP contribution in [0.3, 0.4) is 0 Å². The lowest BCUT2D eigenvalue weighted by Crippen LogP contribution is -2.60. The maximum Gasteiger partial charge on any atom is 0.446 e. The van der Waals surface area contributed by atoms with Crippen molar-refractivity contribution >= 4 is 32.1 Å². The number of fused-ring (bicyclic) bond motifs is 3. The third-order valence-electron chi connectivity index (χ3n) is 5.34. The molecule has 0 unspecified atom stereocenters. The molecule has 0 bridgehead atoms. The van der Waals surface area contributed by atoms with Gasteiger partial charge in [-0.25, -0.2) is 4.79 Å². The molecule has 0 saturated carbocycles. The van der Waals surface area contributed by atoms with E-state index >= 15 is 0 Å². The molecule has 1 saturated heterocycles. The maximum absolute atomic E-state index is 12.5. The number of ether oxygens (including phenoxy) is 2. The van der Waals surface area contributed by atoms with E-state index in [1.165, 1.54) is 12.1 Å². The van der Waals surface area contributed by atoms with E-state index in [0.29, 0.717) is 5.56 Å². The molecular formula is C20H20O13S. The van der Waals surface area contributed by atoms with Crippen LogP contribution in [-0.4, -0.2) is 75.8 Å². The average Bonchev–Trinajstić information content (AvgIpc) is 2.72. The number of hydrogen-bond donors (Lipinski definition) is 6. The second kappa shape index (κ2) is 8.66. The summed E-state index contributed by atoms with van der Waals surface area (Å²) in [6, 6.07) is 4.63. The molecule has 1 aliphatic heterocycles. The predicted octanol–water partition coefficient (Wildman–Crippen LogP) is -0.679. The molecule has 3 aromatic rings. The Morgan fingerprint density at radius 3 is 2.35 bits per heavy atom. The zero-order valence-electron chi connectivity index (χ0n) is 17.4. The number of phenols is 1. The molecule has 34 heavy (non-hydrogen) atoms. The van der Waals surface area contributed by atoms with Crippen molar-refractivity contribution in [2.24, 2.45) is 0 Å². The van der Waals surface area contributed by atoms with Gasteiger partial charge < -0.3 is 43.6 Å². The van der Waals surface area contributed by atoms with Crippen LogP contribution < -0.4 is 14.5 Å². The molecule has 0 spiro atoms. The summed E-state index contributed by atoms with van der Waals surface area (Å²) in [7, 11) is -4.91. The Kier molecular flexibility index (Phi) is 6.15. The Morgan fingerprint density at radius 2 is 1.71 bits per heavy atom. The highest BCUT2D eigenvalue weighted by atomic mass is 32.3. The van der Waals surface area contributed by atoms with E-state index in [4.69, 9.17) is 18.4 Å². The Labute approximate surface area is 190 Å². The van der Waals surface area contributed by atoms with Gasteiger partial charge in [0.05, 0.1) is 6.61 Å². The Morgan fingerprint density at radius 1 is 1.00 bits per heavy atom. The van der Waals surface area contributed by atoms with Crippen LogP contribution in [0.2, 0.25) is 0 Å². The van der Waals surface area contributed by atoms with Gasteiger partial charge in [0.1, 0.15) is 52.6 Å². The molecule has 0 radical (unpaired) electrons. The minimum absolute atomic E-state index is 0.0198. The molecule has 13 nitrogen and oxygen atoms in total. The Balaban J connectivity index is 1.81. The van der Waals surface area contributed by atoms with E-state index in [0.717, 1.165) is 12.1 Å². The first kappa shape index (κ1) is 24.2. The smallest absolute Gasteiger partial charge is 0.446 e. The van der Waals surface area contributed by atoms with Gasteiger partial charge in [-0.05, 0) is 24.6 Å². The van der Waals surface area contributed by atoms with E-state index in [-0.39, 0.29) is 27.5 Å². The van der Waals surface area contributed by atoms with Gasteiger partial charge in [-0.3, -0.25) is 4.55 Å². The van der Waals surface area contributed by atoms with Crippen LogP contribution in [0.1, 0.15) is 5.56 Å². The van der Waals surface area contributed by atoms with Gasteiger partial charge in [0.15, 0.2) is 0 Å². The van der Waals surface area contributed by atoms with E-state index in [1.54, 1.807) is 6.92 Å². The molecule has 5 atom stereocenters. The number of aromatic hydroxyl groups is 1. The fourth-order valence-corrected chi connectivity index (χ4v) is 4.19. The van der Waals surface area contributed by atoms with E-state index in [2.05, 4.69) is 4.18 Å². The molecule has 2 aromatic carbocycles. The summed E-state index contributed by atoms with van der Waals surface area (Å²) in [4.78, 5) is 12.5. The second-order valence-corrected chi connectivity index (χ2v) is 8.72. The van der Waals surface area contributed by atoms with Crippen LogP contribution in [0.5, 0.6) is 17.2 Å². The van der Waals surface area contributed by atoms with Crippen LogP contribution in [0.15, 0.2) is 33.5 Å². The lowest BCUT2D eigenvalue weighted by molar-refractivity contribution is -0.277. The van der Waals surface area contributed by atoms with Gasteiger partial charge >= 0.3 is 16.0 Å². The average molecular weight is 500 g/mol. The molecule has 1 fully saturated rings. The predicted molar refractivity (Wildman–Crippen MR) is 113 cm³/mol. The minimum Gasteiger partial charge on any atom is -0.507 e. The molecule has 1 aliphatic rings. The molecule has 4 rings (SSSR count). The number of aliphatic hydroxyl groups excluding tert-OH is 4. The van der Waals surface area contributed by atoms with Crippen molar-refractivity contribution in [3.05, 3.63) is 40.2 Å². The van der Waals surface area contributed by atoms with E-state index in [1.807, 2.05) is 0 Å². The van der Waals surface area contributed by atoms with Crippen LogP contribution in [0.4, 0.5) is 0 Å². The lowest BCUT2D eigenvalue weighted by Gasteiger charge is -2.39. The van der Waals surface area contributed by atoms with Gasteiger partial charge in [-0.15, -0.1) is 0 Å². The van der Waals surface area contributed by atoms with Gasteiger partial charge in [0.2, 0.25) is 6.29 Å². The topological polar surface area (TPSA) is 213 Å². The fourth-order valence-electron chi connectivity index (χ4n) is 3.85. The first-order chi connectivity index (χ1) is 15.9. The summed E-state index contributed by atoms with van der Waals surface area (Å²) < 4.78 is 51.6. The monoisotopic (exact) mass is 500 g/mol. The van der Waals surface area contributed by atoms with Crippen LogP contribution >= 0.6 is 0 Å². The normalized spacial score (nSPS) is 25.5. The van der Waals surface area contributed by atoms with Crippen molar-refractivity contribution in [2.75, 3.05) is 6.61 Å². The third-order valence-corrected chi connectivity index (χ3v) is 5.75. The van der Waals surface area contributed by atoms with Crippen LogP contribution in [-0.2, 0) is 15.1 Å². The van der Waals surface area contributed by atoms with Crippen molar-refractivity contribution in [1.82, 2.24) is 0 Å². The van der Waals surface area contributed by atoms with Gasteiger partial charge in [0.25, 0.3) is 0 Å². The molecule has 0 amide bonds. The van der Waals surface area contributed by atoms with Crippen molar-refractivity contribution in [3.63, 3.8) is 0 Å². The second-order valence-electron chi connectivity index (χ2n) is 7.69. The minimum atomic E-state index is -4.91. The SMILES string of the molecule is Cc1cc(O[C@@H]2O[C@H](CO)[C@@H](O)[C@H](O)[C@H]2O)cc2oc(=O)c3c(O)cc(OS(=O)(=O)O)cc3c12. The largest absolute Gasteiger partial charge is 0.507 e. The highest BCUT2D eigenvalue weighted by molar-refractivity contribution is 7.81. The van der Waals surface area contributed by atoms with Gasteiger partial charge in [-0.1, -0.05) is 0 Å². The summed E-state index contributed by atoms with van der Waals surface area (Å²) in [6.07, 6.45) is -7.60. The molecule has 0 aliphatic carbocycles. The highest BCUT2D eigenvalue weighted by Gasteiger charge is 2.44. The summed E-state index contributed by atoms with van der Waals surface area (Å²) in [5, 5.41) is 49.6. The summed E-state index contributed by atoms with van der Waals surface area (Å²) in [5.74, 6) is -1.08. The van der Waals surface area contributed by atoms with E-state index in [9.17, 15) is 38.7 Å². The Bertz CT molecular complexity index is 1410. The van der Waals surface area contributed by atoms with E-state index < -0.39 is 64.8 Å². The number of aryl methyl sites for hydroxylation is 1. The molecule has 1 aromatic heterocycles. The van der Waals surface area contributed by atoms with Crippen LogP contribution in [0.25, 0.3) is 21.7 Å². The van der Waals surface area contributed by atoms with Crippen LogP contribution in [0, 0.1) is 6.92 Å². The zero-order chi connectivity index (χ0) is 24.9. The Hall–Kier alpha value is -2.98. The third kappa shape index (κ3) is 4.39. The maximum atomic E-state index is 12.5. The number of phenolic OH excluding ortho intramolecular Hbond substituents is 1. The molecule has 14 heteroatoms.